The average molecular weight is 435 g/mol. The van der Waals surface area contributed by atoms with Gasteiger partial charge in [-0.05, 0) is 57.0 Å². The fraction of sp³-hybridized carbons (Fsp3) is 0.375. The van der Waals surface area contributed by atoms with Gasteiger partial charge in [0.1, 0.15) is 29.2 Å². The van der Waals surface area contributed by atoms with Crippen molar-refractivity contribution < 1.29 is 24.2 Å². The Hall–Kier alpha value is -3.57. The van der Waals surface area contributed by atoms with Gasteiger partial charge in [0.05, 0.1) is 17.7 Å². The molecule has 0 bridgehead atoms. The summed E-state index contributed by atoms with van der Waals surface area (Å²) in [5.74, 6) is 0.516. The third-order valence-electron chi connectivity index (χ3n) is 5.91. The van der Waals surface area contributed by atoms with E-state index in [9.17, 15) is 20.0 Å². The van der Waals surface area contributed by atoms with Gasteiger partial charge >= 0.3 is 6.09 Å². The van der Waals surface area contributed by atoms with Crippen molar-refractivity contribution >= 4 is 12.0 Å². The molecule has 2 aliphatic heterocycles. The summed E-state index contributed by atoms with van der Waals surface area (Å²) in [7, 11) is 0. The molecule has 2 aromatic rings. The summed E-state index contributed by atoms with van der Waals surface area (Å²) >= 11 is 0. The van der Waals surface area contributed by atoms with E-state index in [0.717, 1.165) is 0 Å². The molecule has 32 heavy (non-hydrogen) atoms. The van der Waals surface area contributed by atoms with E-state index in [1.165, 1.54) is 4.90 Å². The number of benzene rings is 2. The van der Waals surface area contributed by atoms with Crippen LogP contribution in [-0.4, -0.2) is 46.3 Å². The Kier molecular flexibility index (Phi) is 5.76. The van der Waals surface area contributed by atoms with E-state index >= 15 is 0 Å². The molecule has 2 aliphatic rings. The van der Waals surface area contributed by atoms with Gasteiger partial charge in [0.25, 0.3) is 0 Å². The lowest BCUT2D eigenvalue weighted by molar-refractivity contribution is -0.129. The van der Waals surface area contributed by atoms with Crippen LogP contribution in [0.2, 0.25) is 0 Å². The van der Waals surface area contributed by atoms with Gasteiger partial charge in [0, 0.05) is 12.1 Å². The molecule has 2 unspecified atom stereocenters. The van der Waals surface area contributed by atoms with Crippen LogP contribution in [0.3, 0.4) is 0 Å². The number of ether oxygens (including phenoxy) is 2. The summed E-state index contributed by atoms with van der Waals surface area (Å²) in [5.41, 5.74) is -0.0335. The highest BCUT2D eigenvalue weighted by Gasteiger charge is 2.45. The van der Waals surface area contributed by atoms with Gasteiger partial charge in [-0.2, -0.15) is 5.26 Å². The van der Waals surface area contributed by atoms with E-state index in [4.69, 9.17) is 9.47 Å². The molecule has 166 valence electrons. The topological polar surface area (TPSA) is 112 Å². The SMILES string of the molecule is CC1(C)Oc2ccc(C#N)cc2C(NC(=O)[C@@H]2CCCN2C(=O)Oc2ccccc2)C1O. The molecule has 0 radical (unpaired) electrons. The number of hydrogen-bond acceptors (Lipinski definition) is 6. The summed E-state index contributed by atoms with van der Waals surface area (Å²) in [5, 5.41) is 23.1. The van der Waals surface area contributed by atoms with E-state index < -0.39 is 29.9 Å². The molecule has 0 aromatic heterocycles. The van der Waals surface area contributed by atoms with Crippen molar-refractivity contribution in [1.82, 2.24) is 10.2 Å². The number of hydrogen-bond donors (Lipinski definition) is 2. The summed E-state index contributed by atoms with van der Waals surface area (Å²) in [6.45, 7) is 3.87. The van der Waals surface area contributed by atoms with Crippen molar-refractivity contribution in [2.24, 2.45) is 0 Å². The molecule has 0 spiro atoms. The Balaban J connectivity index is 1.55. The third-order valence-corrected chi connectivity index (χ3v) is 5.91. The van der Waals surface area contributed by atoms with Gasteiger partial charge < -0.3 is 19.9 Å². The molecule has 8 heteroatoms. The van der Waals surface area contributed by atoms with Crippen LogP contribution in [0.4, 0.5) is 4.79 Å². The molecule has 2 heterocycles. The number of carbonyl (C=O) groups excluding carboxylic acids is 2. The van der Waals surface area contributed by atoms with Crippen molar-refractivity contribution in [2.45, 2.75) is 50.5 Å². The number of para-hydroxylation sites is 1. The number of aliphatic hydroxyl groups is 1. The maximum Gasteiger partial charge on any atom is 0.415 e. The number of likely N-dealkylation sites (tertiary alicyclic amines) is 1. The van der Waals surface area contributed by atoms with E-state index in [1.54, 1.807) is 56.3 Å². The Morgan fingerprint density at radius 2 is 2.00 bits per heavy atom. The minimum absolute atomic E-state index is 0.387. The standard InChI is InChI=1S/C24H25N3O5/c1-24(2)21(28)20(17-13-15(14-25)10-11-19(17)32-24)26-22(29)18-9-6-12-27(18)23(30)31-16-7-4-3-5-8-16/h3-5,7-8,10-11,13,18,20-21,28H,6,9,12H2,1-2H3,(H,26,29)/t18-,20?,21?/m0/s1. The van der Waals surface area contributed by atoms with Gasteiger partial charge in [-0.1, -0.05) is 18.2 Å². The molecule has 2 N–H and O–H groups in total. The van der Waals surface area contributed by atoms with Gasteiger partial charge in [-0.3, -0.25) is 9.69 Å². The number of amides is 2. The maximum absolute atomic E-state index is 13.2. The lowest BCUT2D eigenvalue weighted by atomic mass is 9.85. The van der Waals surface area contributed by atoms with Crippen LogP contribution in [0.15, 0.2) is 48.5 Å². The second-order valence-electron chi connectivity index (χ2n) is 8.53. The molecule has 8 nitrogen and oxygen atoms in total. The number of nitrogens with zero attached hydrogens (tertiary/aromatic N) is 2. The zero-order valence-electron chi connectivity index (χ0n) is 17.9. The molecular formula is C24H25N3O5. The van der Waals surface area contributed by atoms with Crippen LogP contribution in [-0.2, 0) is 4.79 Å². The molecule has 0 saturated carbocycles. The van der Waals surface area contributed by atoms with Gasteiger partial charge in [-0.15, -0.1) is 0 Å². The Morgan fingerprint density at radius 1 is 1.25 bits per heavy atom. The zero-order chi connectivity index (χ0) is 22.9. The monoisotopic (exact) mass is 435 g/mol. The first-order valence-corrected chi connectivity index (χ1v) is 10.5. The molecule has 1 fully saturated rings. The summed E-state index contributed by atoms with van der Waals surface area (Å²) < 4.78 is 11.3. The predicted molar refractivity (Wildman–Crippen MR) is 115 cm³/mol. The van der Waals surface area contributed by atoms with Crippen LogP contribution in [0.5, 0.6) is 11.5 Å². The minimum atomic E-state index is -1.06. The van der Waals surface area contributed by atoms with E-state index in [2.05, 4.69) is 11.4 Å². The van der Waals surface area contributed by atoms with Crippen LogP contribution in [0.25, 0.3) is 0 Å². The number of nitrogens with one attached hydrogen (secondary N) is 1. The second-order valence-corrected chi connectivity index (χ2v) is 8.53. The van der Waals surface area contributed by atoms with E-state index in [-0.39, 0.29) is 5.91 Å². The molecular weight excluding hydrogens is 410 g/mol. The molecule has 1 saturated heterocycles. The third kappa shape index (κ3) is 4.12. The van der Waals surface area contributed by atoms with Gasteiger partial charge in [-0.25, -0.2) is 4.79 Å². The van der Waals surface area contributed by atoms with Gasteiger partial charge in [0.15, 0.2) is 0 Å². The van der Waals surface area contributed by atoms with Crippen LogP contribution in [0.1, 0.15) is 43.9 Å². The fourth-order valence-corrected chi connectivity index (χ4v) is 4.18. The first-order valence-electron chi connectivity index (χ1n) is 10.5. The van der Waals surface area contributed by atoms with Crippen LogP contribution < -0.4 is 14.8 Å². The highest BCUT2D eigenvalue weighted by atomic mass is 16.6. The Morgan fingerprint density at radius 3 is 2.72 bits per heavy atom. The first kappa shape index (κ1) is 21.7. The zero-order valence-corrected chi connectivity index (χ0v) is 17.9. The molecule has 2 amide bonds. The summed E-state index contributed by atoms with van der Waals surface area (Å²) in [4.78, 5) is 27.3. The smallest absolute Gasteiger partial charge is 0.415 e. The molecule has 2 aromatic carbocycles. The number of aliphatic hydroxyl groups excluding tert-OH is 1. The number of fused-ring (bicyclic) bond motifs is 1. The average Bonchev–Trinajstić information content (AvgIpc) is 3.27. The van der Waals surface area contributed by atoms with Gasteiger partial charge in [0.2, 0.25) is 5.91 Å². The number of nitriles is 1. The molecule has 4 rings (SSSR count). The Labute approximate surface area is 186 Å². The summed E-state index contributed by atoms with van der Waals surface area (Å²) in [6.07, 6.45) is -0.490. The number of rotatable bonds is 3. The lowest BCUT2D eigenvalue weighted by Crippen LogP contribution is -2.56. The van der Waals surface area contributed by atoms with Crippen molar-refractivity contribution in [2.75, 3.05) is 6.54 Å². The summed E-state index contributed by atoms with van der Waals surface area (Å²) in [6, 6.07) is 14.2. The minimum Gasteiger partial charge on any atom is -0.485 e. The largest absolute Gasteiger partial charge is 0.485 e. The lowest BCUT2D eigenvalue weighted by Gasteiger charge is -2.42. The molecule has 0 aliphatic carbocycles. The Bertz CT molecular complexity index is 1060. The van der Waals surface area contributed by atoms with E-state index in [1.807, 2.05) is 6.07 Å². The quantitative estimate of drug-likeness (QED) is 0.767. The highest BCUT2D eigenvalue weighted by Crippen LogP contribution is 2.40. The fourth-order valence-electron chi connectivity index (χ4n) is 4.18. The maximum atomic E-state index is 13.2. The molecule has 3 atom stereocenters. The van der Waals surface area contributed by atoms with E-state index in [0.29, 0.717) is 42.0 Å². The second kappa shape index (κ2) is 8.52. The van der Waals surface area contributed by atoms with Crippen molar-refractivity contribution in [3.05, 3.63) is 59.7 Å². The normalized spacial score (nSPS) is 23.4. The van der Waals surface area contributed by atoms with Crippen molar-refractivity contribution in [3.63, 3.8) is 0 Å². The predicted octanol–water partition coefficient (Wildman–Crippen LogP) is 2.91. The van der Waals surface area contributed by atoms with Crippen molar-refractivity contribution in [1.29, 1.82) is 5.26 Å². The highest BCUT2D eigenvalue weighted by molar-refractivity contribution is 5.87. The van der Waals surface area contributed by atoms with Crippen LogP contribution >= 0.6 is 0 Å². The first-order chi connectivity index (χ1) is 15.3. The van der Waals surface area contributed by atoms with Crippen molar-refractivity contribution in [3.8, 4) is 17.6 Å². The van der Waals surface area contributed by atoms with Crippen LogP contribution in [0, 0.1) is 11.3 Å². The number of carbonyl (C=O) groups is 2.